The van der Waals surface area contributed by atoms with E-state index in [9.17, 15) is 9.59 Å². The van der Waals surface area contributed by atoms with Crippen molar-refractivity contribution >= 4 is 17.6 Å². The highest BCUT2D eigenvalue weighted by Gasteiger charge is 2.08. The number of carbonyl (C=O) groups excluding carboxylic acids is 1. The van der Waals surface area contributed by atoms with Gasteiger partial charge >= 0.3 is 5.97 Å². The Morgan fingerprint density at radius 3 is 2.70 bits per heavy atom. The average molecular weight is 275 g/mol. The fourth-order valence-corrected chi connectivity index (χ4v) is 1.52. The highest BCUT2D eigenvalue weighted by atomic mass is 16.4. The van der Waals surface area contributed by atoms with Crippen LogP contribution in [0.4, 0.5) is 5.69 Å². The number of carboxylic acids is 1. The van der Waals surface area contributed by atoms with Gasteiger partial charge in [0.25, 0.3) is 5.91 Å². The molecule has 2 rings (SSSR count). The number of aromatic nitrogens is 3. The predicted octanol–water partition coefficient (Wildman–Crippen LogP) is -0.0115. The average Bonchev–Trinajstić information content (AvgIpc) is 2.88. The Morgan fingerprint density at radius 2 is 2.10 bits per heavy atom. The van der Waals surface area contributed by atoms with Crippen molar-refractivity contribution < 1.29 is 14.7 Å². The monoisotopic (exact) mass is 275 g/mol. The Morgan fingerprint density at radius 1 is 1.30 bits per heavy atom. The summed E-state index contributed by atoms with van der Waals surface area (Å²) in [5.41, 5.74) is 6.21. The molecule has 0 saturated heterocycles. The number of rotatable bonds is 5. The molecule has 2 aromatic rings. The van der Waals surface area contributed by atoms with E-state index in [2.05, 4.69) is 15.3 Å². The molecule has 20 heavy (non-hydrogen) atoms. The molecule has 8 heteroatoms. The zero-order chi connectivity index (χ0) is 14.5. The summed E-state index contributed by atoms with van der Waals surface area (Å²) in [6.45, 7) is 0.751. The number of nitrogens with two attached hydrogens (primary N) is 1. The van der Waals surface area contributed by atoms with E-state index < -0.39 is 5.97 Å². The summed E-state index contributed by atoms with van der Waals surface area (Å²) in [5, 5.41) is 11.4. The van der Waals surface area contributed by atoms with Crippen molar-refractivity contribution in [3.63, 3.8) is 0 Å². The second kappa shape index (κ2) is 5.83. The smallest absolute Gasteiger partial charge is 0.356 e. The summed E-state index contributed by atoms with van der Waals surface area (Å²) >= 11 is 0. The van der Waals surface area contributed by atoms with Gasteiger partial charge in [-0.05, 0) is 12.1 Å². The molecule has 0 unspecified atom stereocenters. The minimum Gasteiger partial charge on any atom is -0.476 e. The van der Waals surface area contributed by atoms with Gasteiger partial charge in [0.15, 0.2) is 5.69 Å². The first-order valence-corrected chi connectivity index (χ1v) is 5.81. The first-order chi connectivity index (χ1) is 9.56. The van der Waals surface area contributed by atoms with E-state index >= 15 is 0 Å². The molecule has 0 aliphatic rings. The zero-order valence-corrected chi connectivity index (χ0v) is 10.5. The van der Waals surface area contributed by atoms with Crippen LogP contribution in [0, 0.1) is 0 Å². The number of hydrogen-bond donors (Lipinski definition) is 3. The maximum atomic E-state index is 11.7. The Kier molecular flexibility index (Phi) is 3.94. The molecule has 0 spiro atoms. The fraction of sp³-hybridized carbons (Fsp3) is 0.167. The molecular weight excluding hydrogens is 262 g/mol. The Hall–Kier alpha value is -2.90. The lowest BCUT2D eigenvalue weighted by Gasteiger charge is -2.05. The Balaban J connectivity index is 1.84. The van der Waals surface area contributed by atoms with E-state index in [4.69, 9.17) is 10.8 Å². The summed E-state index contributed by atoms with van der Waals surface area (Å²) in [6.07, 6.45) is 4.21. The molecule has 0 saturated carbocycles. The highest BCUT2D eigenvalue weighted by molar-refractivity contribution is 5.92. The number of nitrogens with one attached hydrogen (secondary N) is 1. The minimum absolute atomic E-state index is 0.0310. The Bertz CT molecular complexity index is 620. The van der Waals surface area contributed by atoms with Crippen molar-refractivity contribution in [1.82, 2.24) is 19.9 Å². The molecule has 0 atom stereocenters. The molecule has 4 N–H and O–H groups in total. The summed E-state index contributed by atoms with van der Waals surface area (Å²) < 4.78 is 1.58. The highest BCUT2D eigenvalue weighted by Crippen LogP contribution is 2.01. The van der Waals surface area contributed by atoms with E-state index in [1.54, 1.807) is 10.6 Å². The van der Waals surface area contributed by atoms with Crippen LogP contribution in [0.2, 0.25) is 0 Å². The second-order valence-electron chi connectivity index (χ2n) is 4.03. The number of carbonyl (C=O) groups is 2. The van der Waals surface area contributed by atoms with Crippen molar-refractivity contribution in [2.45, 2.75) is 6.54 Å². The number of anilines is 1. The third kappa shape index (κ3) is 3.31. The zero-order valence-electron chi connectivity index (χ0n) is 10.5. The first kappa shape index (κ1) is 13.5. The van der Waals surface area contributed by atoms with Gasteiger partial charge in [0.1, 0.15) is 5.69 Å². The van der Waals surface area contributed by atoms with Crippen molar-refractivity contribution in [3.8, 4) is 0 Å². The topological polar surface area (TPSA) is 123 Å². The number of amides is 1. The molecule has 0 bridgehead atoms. The molecule has 1 amide bonds. The maximum absolute atomic E-state index is 11.7. The lowest BCUT2D eigenvalue weighted by molar-refractivity contribution is 0.0690. The molecule has 8 nitrogen and oxygen atoms in total. The molecule has 0 aliphatic heterocycles. The van der Waals surface area contributed by atoms with Crippen LogP contribution in [0.5, 0.6) is 0 Å². The number of carboxylic acid groups (broad SMARTS) is 1. The summed E-state index contributed by atoms with van der Waals surface area (Å²) in [4.78, 5) is 30.0. The van der Waals surface area contributed by atoms with Crippen LogP contribution >= 0.6 is 0 Å². The fourth-order valence-electron chi connectivity index (χ4n) is 1.52. The van der Waals surface area contributed by atoms with Crippen LogP contribution in [-0.4, -0.2) is 38.1 Å². The van der Waals surface area contributed by atoms with Crippen LogP contribution < -0.4 is 11.1 Å². The van der Waals surface area contributed by atoms with Gasteiger partial charge < -0.3 is 20.7 Å². The SMILES string of the molecule is Nc1ccc(C(=O)NCCn2cnc(C(=O)O)c2)nc1. The quantitative estimate of drug-likeness (QED) is 0.705. The van der Waals surface area contributed by atoms with E-state index in [-0.39, 0.29) is 17.3 Å². The third-order valence-corrected chi connectivity index (χ3v) is 2.53. The van der Waals surface area contributed by atoms with E-state index in [0.717, 1.165) is 0 Å². The normalized spacial score (nSPS) is 10.2. The van der Waals surface area contributed by atoms with Gasteiger partial charge in [-0.2, -0.15) is 0 Å². The number of imidazole rings is 1. The van der Waals surface area contributed by atoms with Crippen molar-refractivity contribution in [2.75, 3.05) is 12.3 Å². The van der Waals surface area contributed by atoms with E-state index in [0.29, 0.717) is 18.8 Å². The predicted molar refractivity (Wildman–Crippen MR) is 70.2 cm³/mol. The van der Waals surface area contributed by atoms with Gasteiger partial charge in [0, 0.05) is 19.3 Å². The molecule has 2 aromatic heterocycles. The largest absolute Gasteiger partial charge is 0.476 e. The third-order valence-electron chi connectivity index (χ3n) is 2.53. The van der Waals surface area contributed by atoms with Crippen molar-refractivity contribution in [1.29, 1.82) is 0 Å². The standard InChI is InChI=1S/C12H13N5O3/c13-8-1-2-9(15-5-8)11(18)14-3-4-17-6-10(12(19)20)16-7-17/h1-2,5-7H,3-4,13H2,(H,14,18)(H,19,20). The van der Waals surface area contributed by atoms with E-state index in [1.807, 2.05) is 0 Å². The van der Waals surface area contributed by atoms with Gasteiger partial charge in [-0.15, -0.1) is 0 Å². The molecule has 104 valence electrons. The first-order valence-electron chi connectivity index (χ1n) is 5.81. The van der Waals surface area contributed by atoms with Crippen LogP contribution in [0.3, 0.4) is 0 Å². The van der Waals surface area contributed by atoms with Crippen LogP contribution in [-0.2, 0) is 6.54 Å². The molecule has 2 heterocycles. The van der Waals surface area contributed by atoms with Crippen LogP contribution in [0.25, 0.3) is 0 Å². The summed E-state index contributed by atoms with van der Waals surface area (Å²) in [7, 11) is 0. The molecule has 0 aliphatic carbocycles. The number of aromatic carboxylic acids is 1. The summed E-state index contributed by atoms with van der Waals surface area (Å²) in [6, 6.07) is 3.13. The van der Waals surface area contributed by atoms with Gasteiger partial charge in [-0.3, -0.25) is 4.79 Å². The van der Waals surface area contributed by atoms with Gasteiger partial charge in [0.2, 0.25) is 0 Å². The van der Waals surface area contributed by atoms with Crippen LogP contribution in [0.1, 0.15) is 21.0 Å². The molecule has 0 radical (unpaired) electrons. The second-order valence-corrected chi connectivity index (χ2v) is 4.03. The van der Waals surface area contributed by atoms with Crippen molar-refractivity contribution in [2.24, 2.45) is 0 Å². The lowest BCUT2D eigenvalue weighted by Crippen LogP contribution is -2.27. The van der Waals surface area contributed by atoms with Gasteiger partial charge in [0.05, 0.1) is 18.2 Å². The number of nitrogens with zero attached hydrogens (tertiary/aromatic N) is 3. The van der Waals surface area contributed by atoms with Gasteiger partial charge in [-0.25, -0.2) is 14.8 Å². The molecule has 0 fully saturated rings. The lowest BCUT2D eigenvalue weighted by atomic mass is 10.3. The Labute approximate surface area is 114 Å². The van der Waals surface area contributed by atoms with Crippen LogP contribution in [0.15, 0.2) is 30.9 Å². The molecular formula is C12H13N5O3. The number of nitrogen functional groups attached to an aromatic ring is 1. The minimum atomic E-state index is -1.08. The number of hydrogen-bond acceptors (Lipinski definition) is 5. The maximum Gasteiger partial charge on any atom is 0.356 e. The van der Waals surface area contributed by atoms with E-state index in [1.165, 1.54) is 24.8 Å². The molecule has 0 aromatic carbocycles. The number of pyridine rings is 1. The summed E-state index contributed by atoms with van der Waals surface area (Å²) in [5.74, 6) is -1.40. The van der Waals surface area contributed by atoms with Gasteiger partial charge in [-0.1, -0.05) is 0 Å². The van der Waals surface area contributed by atoms with Crippen molar-refractivity contribution in [3.05, 3.63) is 42.2 Å².